The Morgan fingerprint density at radius 2 is 1.68 bits per heavy atom. The van der Waals surface area contributed by atoms with Crippen molar-refractivity contribution in [1.29, 1.82) is 0 Å². The number of carbonyl (C=O) groups excluding carboxylic acids is 1. The fourth-order valence-corrected chi connectivity index (χ4v) is 4.62. The minimum atomic E-state index is -1.11. The quantitative estimate of drug-likeness (QED) is 0.569. The Kier molecular flexibility index (Phi) is 7.88. The van der Waals surface area contributed by atoms with E-state index in [1.165, 1.54) is 6.42 Å². The molecule has 3 rings (SSSR count). The van der Waals surface area contributed by atoms with Crippen LogP contribution in [0.3, 0.4) is 0 Å². The van der Waals surface area contributed by atoms with Crippen LogP contribution >= 0.6 is 0 Å². The van der Waals surface area contributed by atoms with Gasteiger partial charge in [-0.2, -0.15) is 0 Å². The Hall–Kier alpha value is -3.08. The molecular weight excluding hydrogens is 388 g/mol. The molecule has 0 aliphatic carbocycles. The molecule has 5 nitrogen and oxygen atoms in total. The average molecular weight is 421 g/mol. The molecule has 3 N–H and O–H groups in total. The third kappa shape index (κ3) is 5.54. The van der Waals surface area contributed by atoms with Gasteiger partial charge in [-0.25, -0.2) is 4.79 Å². The van der Waals surface area contributed by atoms with Gasteiger partial charge >= 0.3 is 5.97 Å². The Bertz CT molecular complexity index is 917. The number of hydrogen-bond donors (Lipinski definition) is 2. The summed E-state index contributed by atoms with van der Waals surface area (Å²) in [6.07, 6.45) is 6.59. The molecule has 1 fully saturated rings. The molecule has 0 aromatic heterocycles. The van der Waals surface area contributed by atoms with Crippen LogP contribution in [0.5, 0.6) is 0 Å². The monoisotopic (exact) mass is 420 g/mol. The second-order valence-corrected chi connectivity index (χ2v) is 8.20. The Balaban J connectivity index is 2.10. The summed E-state index contributed by atoms with van der Waals surface area (Å²) in [7, 11) is 0. The van der Waals surface area contributed by atoms with Crippen LogP contribution in [0, 0.1) is 5.92 Å². The first-order chi connectivity index (χ1) is 15.0. The highest BCUT2D eigenvalue weighted by Gasteiger charge is 2.36. The molecule has 31 heavy (non-hydrogen) atoms. The van der Waals surface area contributed by atoms with Gasteiger partial charge in [-0.15, -0.1) is 0 Å². The van der Waals surface area contributed by atoms with Gasteiger partial charge in [0, 0.05) is 24.7 Å². The minimum Gasteiger partial charge on any atom is -0.478 e. The molecule has 1 heterocycles. The van der Waals surface area contributed by atoms with E-state index in [0.29, 0.717) is 6.42 Å². The van der Waals surface area contributed by atoms with Crippen molar-refractivity contribution in [3.63, 3.8) is 0 Å². The average Bonchev–Trinajstić information content (AvgIpc) is 2.79. The SMILES string of the molecule is CCCC(c1ccccc1N1CCCCC1)C(C(N)=O)C(=Cc1ccccc1)C(=O)O. The molecule has 1 aliphatic heterocycles. The number of carbonyl (C=O) groups is 2. The maximum atomic E-state index is 12.7. The van der Waals surface area contributed by atoms with Crippen molar-refractivity contribution in [2.75, 3.05) is 18.0 Å². The molecule has 1 aliphatic rings. The lowest BCUT2D eigenvalue weighted by Crippen LogP contribution is -2.35. The van der Waals surface area contributed by atoms with Gasteiger partial charge in [-0.05, 0) is 49.0 Å². The van der Waals surface area contributed by atoms with E-state index in [1.807, 2.05) is 48.5 Å². The highest BCUT2D eigenvalue weighted by Crippen LogP contribution is 2.40. The minimum absolute atomic E-state index is 0.0468. The lowest BCUT2D eigenvalue weighted by Gasteiger charge is -2.34. The second kappa shape index (κ2) is 10.8. The lowest BCUT2D eigenvalue weighted by molar-refractivity contribution is -0.135. The van der Waals surface area contributed by atoms with Crippen LogP contribution in [-0.2, 0) is 9.59 Å². The molecule has 164 valence electrons. The van der Waals surface area contributed by atoms with Crippen LogP contribution in [0.25, 0.3) is 6.08 Å². The predicted molar refractivity (Wildman–Crippen MR) is 125 cm³/mol. The summed E-state index contributed by atoms with van der Waals surface area (Å²) in [6, 6.07) is 17.3. The van der Waals surface area contributed by atoms with E-state index in [-0.39, 0.29) is 11.5 Å². The van der Waals surface area contributed by atoms with Crippen molar-refractivity contribution >= 4 is 23.6 Å². The van der Waals surface area contributed by atoms with Gasteiger partial charge in [-0.3, -0.25) is 4.79 Å². The number of nitrogens with two attached hydrogens (primary N) is 1. The molecule has 2 unspecified atom stereocenters. The highest BCUT2D eigenvalue weighted by atomic mass is 16.4. The van der Waals surface area contributed by atoms with Crippen LogP contribution in [0.4, 0.5) is 5.69 Å². The Labute approximate surface area is 184 Å². The summed E-state index contributed by atoms with van der Waals surface area (Å²) in [5, 5.41) is 10.0. The first kappa shape index (κ1) is 22.6. The molecule has 1 amide bonds. The first-order valence-corrected chi connectivity index (χ1v) is 11.2. The molecule has 2 atom stereocenters. The maximum Gasteiger partial charge on any atom is 0.332 e. The van der Waals surface area contributed by atoms with E-state index in [1.54, 1.807) is 6.08 Å². The van der Waals surface area contributed by atoms with Gasteiger partial charge in [0.15, 0.2) is 0 Å². The number of rotatable bonds is 9. The number of benzene rings is 2. The van der Waals surface area contributed by atoms with Gasteiger partial charge in [0.2, 0.25) is 5.91 Å². The standard InChI is InChI=1S/C26H32N2O3/c1-2-11-21(20-14-7-8-15-23(20)28-16-9-4-10-17-28)24(25(27)29)22(26(30)31)18-19-12-5-3-6-13-19/h3,5-8,12-15,18,21,24H,2,4,9-11,16-17H2,1H3,(H2,27,29)(H,30,31). The summed E-state index contributed by atoms with van der Waals surface area (Å²) in [4.78, 5) is 27.4. The van der Waals surface area contributed by atoms with Crippen LogP contribution in [0.1, 0.15) is 56.1 Å². The molecule has 2 aromatic carbocycles. The number of aliphatic carboxylic acids is 1. The maximum absolute atomic E-state index is 12.7. The van der Waals surface area contributed by atoms with Gasteiger partial charge in [0.05, 0.1) is 11.5 Å². The highest BCUT2D eigenvalue weighted by molar-refractivity contribution is 6.00. The topological polar surface area (TPSA) is 83.6 Å². The fraction of sp³-hybridized carbons (Fsp3) is 0.385. The van der Waals surface area contributed by atoms with Crippen LogP contribution < -0.4 is 10.6 Å². The number of amides is 1. The number of anilines is 1. The number of hydrogen-bond acceptors (Lipinski definition) is 3. The van der Waals surface area contributed by atoms with Crippen molar-refractivity contribution in [2.45, 2.75) is 44.9 Å². The van der Waals surface area contributed by atoms with Gasteiger partial charge in [-0.1, -0.05) is 61.9 Å². The Morgan fingerprint density at radius 1 is 1.03 bits per heavy atom. The summed E-state index contributed by atoms with van der Waals surface area (Å²) < 4.78 is 0. The summed E-state index contributed by atoms with van der Waals surface area (Å²) in [5.41, 5.74) is 8.76. The van der Waals surface area contributed by atoms with Gasteiger partial charge < -0.3 is 15.7 Å². The number of carboxylic acids is 1. The van der Waals surface area contributed by atoms with E-state index in [2.05, 4.69) is 17.9 Å². The first-order valence-electron chi connectivity index (χ1n) is 11.2. The zero-order chi connectivity index (χ0) is 22.2. The largest absolute Gasteiger partial charge is 0.478 e. The smallest absolute Gasteiger partial charge is 0.332 e. The molecule has 0 saturated carbocycles. The molecule has 0 radical (unpaired) electrons. The van der Waals surface area contributed by atoms with Crippen LogP contribution in [0.2, 0.25) is 0 Å². The fourth-order valence-electron chi connectivity index (χ4n) is 4.62. The molecule has 0 spiro atoms. The summed E-state index contributed by atoms with van der Waals surface area (Å²) in [5.74, 6) is -2.92. The number of nitrogens with zero attached hydrogens (tertiary/aromatic N) is 1. The van der Waals surface area contributed by atoms with E-state index < -0.39 is 17.8 Å². The van der Waals surface area contributed by atoms with Crippen molar-refractivity contribution in [2.24, 2.45) is 11.7 Å². The molecule has 0 bridgehead atoms. The van der Waals surface area contributed by atoms with Gasteiger partial charge in [0.25, 0.3) is 0 Å². The van der Waals surface area contributed by atoms with E-state index in [9.17, 15) is 14.7 Å². The predicted octanol–water partition coefficient (Wildman–Crippen LogP) is 4.83. The molecule has 5 heteroatoms. The number of para-hydroxylation sites is 1. The summed E-state index contributed by atoms with van der Waals surface area (Å²) >= 11 is 0. The molecule has 1 saturated heterocycles. The van der Waals surface area contributed by atoms with E-state index in [4.69, 9.17) is 5.73 Å². The van der Waals surface area contributed by atoms with Crippen molar-refractivity contribution < 1.29 is 14.7 Å². The lowest BCUT2D eigenvalue weighted by atomic mass is 9.76. The molecule has 2 aromatic rings. The van der Waals surface area contributed by atoms with Gasteiger partial charge in [0.1, 0.15) is 0 Å². The van der Waals surface area contributed by atoms with Crippen LogP contribution in [-0.4, -0.2) is 30.1 Å². The zero-order valence-corrected chi connectivity index (χ0v) is 18.2. The van der Waals surface area contributed by atoms with E-state index >= 15 is 0 Å². The van der Waals surface area contributed by atoms with Crippen molar-refractivity contribution in [3.8, 4) is 0 Å². The molecular formula is C26H32N2O3. The van der Waals surface area contributed by atoms with Crippen molar-refractivity contribution in [3.05, 3.63) is 71.3 Å². The van der Waals surface area contributed by atoms with Crippen LogP contribution in [0.15, 0.2) is 60.2 Å². The number of piperidine rings is 1. The number of primary amides is 1. The third-order valence-electron chi connectivity index (χ3n) is 6.05. The van der Waals surface area contributed by atoms with E-state index in [0.717, 1.165) is 49.2 Å². The second-order valence-electron chi connectivity index (χ2n) is 8.20. The van der Waals surface area contributed by atoms with Crippen molar-refractivity contribution in [1.82, 2.24) is 0 Å². The summed E-state index contributed by atoms with van der Waals surface area (Å²) in [6.45, 7) is 4.00. The zero-order valence-electron chi connectivity index (χ0n) is 18.2. The normalized spacial score (nSPS) is 16.5. The third-order valence-corrected chi connectivity index (χ3v) is 6.05. The number of carboxylic acid groups (broad SMARTS) is 1. The Morgan fingerprint density at radius 3 is 2.29 bits per heavy atom.